The summed E-state index contributed by atoms with van der Waals surface area (Å²) in [6.45, 7) is 1.82. The Labute approximate surface area is 86.4 Å². The maximum Gasteiger partial charge on any atom is 0.303 e. The molecule has 5 nitrogen and oxygen atoms in total. The lowest BCUT2D eigenvalue weighted by atomic mass is 10.2. The first-order chi connectivity index (χ1) is 7.08. The summed E-state index contributed by atoms with van der Waals surface area (Å²) in [5.74, 6) is -1.04. The summed E-state index contributed by atoms with van der Waals surface area (Å²) < 4.78 is 12.4. The van der Waals surface area contributed by atoms with Crippen LogP contribution in [0.1, 0.15) is 19.8 Å². The maximum absolute atomic E-state index is 12.4. The molecule has 1 rings (SSSR count). The highest BCUT2D eigenvalue weighted by Gasteiger charge is 2.06. The number of carboxylic acids is 1. The second-order valence-electron chi connectivity index (χ2n) is 3.20. The van der Waals surface area contributed by atoms with Crippen LogP contribution in [0.25, 0.3) is 0 Å². The Morgan fingerprint density at radius 1 is 1.60 bits per heavy atom. The highest BCUT2D eigenvalue weighted by Crippen LogP contribution is 2.04. The molecule has 1 aromatic rings. The number of nitrogens with zero attached hydrogens (tertiary/aromatic N) is 2. The number of carbonyl (C=O) groups is 1. The Bertz CT molecular complexity index is 329. The Morgan fingerprint density at radius 2 is 2.20 bits per heavy atom. The van der Waals surface area contributed by atoms with E-state index in [1.807, 2.05) is 6.92 Å². The minimum atomic E-state index is -0.844. The van der Waals surface area contributed by atoms with Crippen molar-refractivity contribution < 1.29 is 14.3 Å². The molecule has 82 valence electrons. The molecule has 0 spiro atoms. The third-order valence-electron chi connectivity index (χ3n) is 1.79. The fraction of sp³-hybridized carbons (Fsp3) is 0.444. The van der Waals surface area contributed by atoms with Crippen LogP contribution in [-0.2, 0) is 4.79 Å². The number of hydrogen-bond acceptors (Lipinski definition) is 4. The van der Waals surface area contributed by atoms with E-state index >= 15 is 0 Å². The number of rotatable bonds is 5. The zero-order valence-corrected chi connectivity index (χ0v) is 8.27. The van der Waals surface area contributed by atoms with Gasteiger partial charge in [0.05, 0.1) is 12.4 Å². The van der Waals surface area contributed by atoms with E-state index in [1.165, 1.54) is 0 Å². The summed E-state index contributed by atoms with van der Waals surface area (Å²) in [6.07, 6.45) is 2.66. The number of anilines is 1. The third-order valence-corrected chi connectivity index (χ3v) is 1.79. The number of aliphatic carboxylic acids is 1. The van der Waals surface area contributed by atoms with Gasteiger partial charge in [0.25, 0.3) is 0 Å². The lowest BCUT2D eigenvalue weighted by Gasteiger charge is -2.11. The molecule has 1 aromatic heterocycles. The highest BCUT2D eigenvalue weighted by atomic mass is 19.1. The SMILES string of the molecule is CC(CCC(=O)O)Nc1ncc(F)cn1. The van der Waals surface area contributed by atoms with Crippen LogP contribution in [0, 0.1) is 5.82 Å². The van der Waals surface area contributed by atoms with Crippen molar-refractivity contribution in [3.63, 3.8) is 0 Å². The van der Waals surface area contributed by atoms with Crippen LogP contribution in [0.2, 0.25) is 0 Å². The molecule has 1 heterocycles. The molecule has 6 heteroatoms. The monoisotopic (exact) mass is 213 g/mol. The van der Waals surface area contributed by atoms with Gasteiger partial charge in [-0.3, -0.25) is 4.79 Å². The first kappa shape index (κ1) is 11.4. The van der Waals surface area contributed by atoms with E-state index in [1.54, 1.807) is 0 Å². The van der Waals surface area contributed by atoms with Gasteiger partial charge in [-0.05, 0) is 13.3 Å². The van der Waals surface area contributed by atoms with Gasteiger partial charge in [0, 0.05) is 12.5 Å². The van der Waals surface area contributed by atoms with E-state index in [0.29, 0.717) is 12.4 Å². The molecule has 0 amide bonds. The molecule has 0 aliphatic heterocycles. The lowest BCUT2D eigenvalue weighted by molar-refractivity contribution is -0.137. The molecule has 0 aliphatic carbocycles. The molecule has 1 unspecified atom stereocenters. The smallest absolute Gasteiger partial charge is 0.303 e. The van der Waals surface area contributed by atoms with Crippen molar-refractivity contribution in [2.75, 3.05) is 5.32 Å². The van der Waals surface area contributed by atoms with Crippen LogP contribution in [-0.4, -0.2) is 27.1 Å². The van der Waals surface area contributed by atoms with Gasteiger partial charge in [0.2, 0.25) is 5.95 Å². The van der Waals surface area contributed by atoms with Crippen molar-refractivity contribution in [2.45, 2.75) is 25.8 Å². The molecule has 15 heavy (non-hydrogen) atoms. The van der Waals surface area contributed by atoms with E-state index in [9.17, 15) is 9.18 Å². The van der Waals surface area contributed by atoms with Crippen LogP contribution in [0.5, 0.6) is 0 Å². The Hall–Kier alpha value is -1.72. The lowest BCUT2D eigenvalue weighted by Crippen LogP contribution is -2.18. The quantitative estimate of drug-likeness (QED) is 0.770. The zero-order valence-electron chi connectivity index (χ0n) is 8.27. The average Bonchev–Trinajstić information content (AvgIpc) is 2.19. The number of aromatic nitrogens is 2. The topological polar surface area (TPSA) is 75.1 Å². The zero-order chi connectivity index (χ0) is 11.3. The van der Waals surface area contributed by atoms with Gasteiger partial charge < -0.3 is 10.4 Å². The van der Waals surface area contributed by atoms with Crippen LogP contribution in [0.4, 0.5) is 10.3 Å². The molecule has 2 N–H and O–H groups in total. The molecule has 1 atom stereocenters. The first-order valence-electron chi connectivity index (χ1n) is 4.54. The molecular weight excluding hydrogens is 201 g/mol. The first-order valence-corrected chi connectivity index (χ1v) is 4.54. The van der Waals surface area contributed by atoms with Crippen molar-refractivity contribution in [1.29, 1.82) is 0 Å². The fourth-order valence-electron chi connectivity index (χ4n) is 1.02. The van der Waals surface area contributed by atoms with E-state index in [2.05, 4.69) is 15.3 Å². The molecule has 0 radical (unpaired) electrons. The van der Waals surface area contributed by atoms with Gasteiger partial charge in [-0.15, -0.1) is 0 Å². The molecule has 0 aliphatic rings. The number of carboxylic acid groups (broad SMARTS) is 1. The third kappa shape index (κ3) is 4.35. The van der Waals surface area contributed by atoms with Crippen LogP contribution in [0.15, 0.2) is 12.4 Å². The number of halogens is 1. The van der Waals surface area contributed by atoms with Crippen molar-refractivity contribution >= 4 is 11.9 Å². The van der Waals surface area contributed by atoms with Crippen LogP contribution < -0.4 is 5.32 Å². The highest BCUT2D eigenvalue weighted by molar-refractivity contribution is 5.66. The van der Waals surface area contributed by atoms with E-state index < -0.39 is 11.8 Å². The van der Waals surface area contributed by atoms with Gasteiger partial charge in [0.15, 0.2) is 5.82 Å². The minimum Gasteiger partial charge on any atom is -0.481 e. The summed E-state index contributed by atoms with van der Waals surface area (Å²) >= 11 is 0. The average molecular weight is 213 g/mol. The molecular formula is C9H12FN3O2. The van der Waals surface area contributed by atoms with E-state index in [-0.39, 0.29) is 12.5 Å². The van der Waals surface area contributed by atoms with Crippen molar-refractivity contribution in [3.8, 4) is 0 Å². The van der Waals surface area contributed by atoms with Gasteiger partial charge >= 0.3 is 5.97 Å². The predicted molar refractivity (Wildman–Crippen MR) is 51.9 cm³/mol. The van der Waals surface area contributed by atoms with E-state index in [4.69, 9.17) is 5.11 Å². The van der Waals surface area contributed by atoms with Crippen molar-refractivity contribution in [2.24, 2.45) is 0 Å². The Morgan fingerprint density at radius 3 is 2.73 bits per heavy atom. The standard InChI is InChI=1S/C9H12FN3O2/c1-6(2-3-8(14)15)13-9-11-4-7(10)5-12-9/h4-6H,2-3H2,1H3,(H,14,15)(H,11,12,13). The molecule has 0 aromatic carbocycles. The number of hydrogen-bond donors (Lipinski definition) is 2. The summed E-state index contributed by atoms with van der Waals surface area (Å²) in [4.78, 5) is 17.7. The summed E-state index contributed by atoms with van der Waals surface area (Å²) in [5, 5.41) is 11.3. The fourth-order valence-corrected chi connectivity index (χ4v) is 1.02. The minimum absolute atomic E-state index is 0.0634. The summed E-state index contributed by atoms with van der Waals surface area (Å²) in [7, 11) is 0. The second kappa shape index (κ2) is 5.23. The van der Waals surface area contributed by atoms with Crippen molar-refractivity contribution in [1.82, 2.24) is 9.97 Å². The number of nitrogens with one attached hydrogen (secondary N) is 1. The van der Waals surface area contributed by atoms with Gasteiger partial charge in [0.1, 0.15) is 0 Å². The molecule has 0 saturated carbocycles. The maximum atomic E-state index is 12.4. The van der Waals surface area contributed by atoms with Crippen LogP contribution in [0.3, 0.4) is 0 Å². The largest absolute Gasteiger partial charge is 0.481 e. The Kier molecular flexibility index (Phi) is 3.96. The van der Waals surface area contributed by atoms with E-state index in [0.717, 1.165) is 12.4 Å². The van der Waals surface area contributed by atoms with Gasteiger partial charge in [-0.2, -0.15) is 0 Å². The molecule has 0 saturated heterocycles. The summed E-state index contributed by atoms with van der Waals surface area (Å²) in [5.41, 5.74) is 0. The van der Waals surface area contributed by atoms with Gasteiger partial charge in [-0.1, -0.05) is 0 Å². The normalized spacial score (nSPS) is 12.1. The summed E-state index contributed by atoms with van der Waals surface area (Å²) in [6, 6.07) is -0.0634. The Balaban J connectivity index is 2.40. The van der Waals surface area contributed by atoms with Gasteiger partial charge in [-0.25, -0.2) is 14.4 Å². The molecule has 0 fully saturated rings. The second-order valence-corrected chi connectivity index (χ2v) is 3.20. The molecule has 0 bridgehead atoms. The predicted octanol–water partition coefficient (Wildman–Crippen LogP) is 1.28. The van der Waals surface area contributed by atoms with Crippen LogP contribution >= 0.6 is 0 Å². The van der Waals surface area contributed by atoms with Crippen molar-refractivity contribution in [3.05, 3.63) is 18.2 Å².